The normalized spacial score (nSPS) is 17.3. The van der Waals surface area contributed by atoms with Crippen LogP contribution in [0.5, 0.6) is 5.75 Å². The molecule has 0 heterocycles. The van der Waals surface area contributed by atoms with Crippen molar-refractivity contribution in [3.8, 4) is 5.75 Å². The monoisotopic (exact) mass is 277 g/mol. The fourth-order valence-electron chi connectivity index (χ4n) is 2.45. The molecule has 0 spiro atoms. The molecule has 1 atom stereocenters. The van der Waals surface area contributed by atoms with Crippen LogP contribution in [0, 0.1) is 0 Å². The molecule has 1 unspecified atom stereocenters. The van der Waals surface area contributed by atoms with Crippen molar-refractivity contribution in [1.29, 1.82) is 0 Å². The zero-order valence-corrected chi connectivity index (χ0v) is 12.2. The van der Waals surface area contributed by atoms with Gasteiger partial charge in [-0.1, -0.05) is 6.42 Å². The predicted octanol–water partition coefficient (Wildman–Crippen LogP) is 3.37. The number of anilines is 1. The largest absolute Gasteiger partial charge is 0.497 e. The lowest BCUT2D eigenvalue weighted by Crippen LogP contribution is -2.32. The van der Waals surface area contributed by atoms with Crippen LogP contribution in [0.4, 0.5) is 5.69 Å². The number of rotatable bonds is 5. The number of esters is 1. The molecule has 110 valence electrons. The molecule has 0 saturated heterocycles. The molecule has 0 bridgehead atoms. The SMILES string of the molecule is COc1ccc(NC(C)C(=O)OC2CCCCC2)cc1. The predicted molar refractivity (Wildman–Crippen MR) is 79.0 cm³/mol. The van der Waals surface area contributed by atoms with Crippen LogP contribution in [0.25, 0.3) is 0 Å². The summed E-state index contributed by atoms with van der Waals surface area (Å²) >= 11 is 0. The number of carbonyl (C=O) groups excluding carboxylic acids is 1. The van der Waals surface area contributed by atoms with Gasteiger partial charge < -0.3 is 14.8 Å². The lowest BCUT2D eigenvalue weighted by Gasteiger charge is -2.24. The standard InChI is InChI=1S/C16H23NO3/c1-12(16(18)20-15-6-4-3-5-7-15)17-13-8-10-14(19-2)11-9-13/h8-12,15,17H,3-7H2,1-2H3. The topological polar surface area (TPSA) is 47.6 Å². The first-order valence-corrected chi connectivity index (χ1v) is 7.30. The Kier molecular flexibility index (Phi) is 5.27. The summed E-state index contributed by atoms with van der Waals surface area (Å²) in [7, 11) is 1.63. The molecule has 1 aliphatic rings. The van der Waals surface area contributed by atoms with Gasteiger partial charge in [0.05, 0.1) is 7.11 Å². The van der Waals surface area contributed by atoms with Gasteiger partial charge in [-0.05, 0) is 56.9 Å². The number of hydrogen-bond donors (Lipinski definition) is 1. The average Bonchev–Trinajstić information content (AvgIpc) is 2.49. The van der Waals surface area contributed by atoms with E-state index in [2.05, 4.69) is 5.32 Å². The zero-order chi connectivity index (χ0) is 14.4. The maximum absolute atomic E-state index is 12.0. The summed E-state index contributed by atoms with van der Waals surface area (Å²) in [5.41, 5.74) is 0.888. The van der Waals surface area contributed by atoms with E-state index in [0.29, 0.717) is 0 Å². The second-order valence-electron chi connectivity index (χ2n) is 5.29. The van der Waals surface area contributed by atoms with E-state index in [-0.39, 0.29) is 18.1 Å². The average molecular weight is 277 g/mol. The van der Waals surface area contributed by atoms with E-state index in [1.54, 1.807) is 7.11 Å². The lowest BCUT2D eigenvalue weighted by atomic mass is 9.98. The van der Waals surface area contributed by atoms with E-state index in [1.807, 2.05) is 31.2 Å². The van der Waals surface area contributed by atoms with Crippen molar-refractivity contribution in [2.45, 2.75) is 51.2 Å². The molecule has 1 saturated carbocycles. The Morgan fingerprint density at radius 3 is 2.45 bits per heavy atom. The number of methoxy groups -OCH3 is 1. The molecule has 1 aliphatic carbocycles. The number of nitrogens with one attached hydrogen (secondary N) is 1. The van der Waals surface area contributed by atoms with Gasteiger partial charge in [-0.25, -0.2) is 4.79 Å². The lowest BCUT2D eigenvalue weighted by molar-refractivity contribution is -0.151. The third-order valence-electron chi connectivity index (χ3n) is 3.66. The fraction of sp³-hybridized carbons (Fsp3) is 0.562. The van der Waals surface area contributed by atoms with E-state index in [1.165, 1.54) is 6.42 Å². The van der Waals surface area contributed by atoms with Gasteiger partial charge in [0.25, 0.3) is 0 Å². The maximum atomic E-state index is 12.0. The van der Waals surface area contributed by atoms with Crippen molar-refractivity contribution in [1.82, 2.24) is 0 Å². The van der Waals surface area contributed by atoms with E-state index in [4.69, 9.17) is 9.47 Å². The van der Waals surface area contributed by atoms with Crippen LogP contribution in [-0.4, -0.2) is 25.2 Å². The minimum atomic E-state index is -0.342. The summed E-state index contributed by atoms with van der Waals surface area (Å²) in [6.45, 7) is 1.83. The van der Waals surface area contributed by atoms with Gasteiger partial charge in [-0.3, -0.25) is 0 Å². The molecule has 1 N–H and O–H groups in total. The Bertz CT molecular complexity index is 424. The van der Waals surface area contributed by atoms with Gasteiger partial charge in [-0.15, -0.1) is 0 Å². The van der Waals surface area contributed by atoms with Crippen molar-refractivity contribution in [3.63, 3.8) is 0 Å². The van der Waals surface area contributed by atoms with Crippen LogP contribution < -0.4 is 10.1 Å². The highest BCUT2D eigenvalue weighted by atomic mass is 16.5. The molecule has 1 aromatic rings. The van der Waals surface area contributed by atoms with Gasteiger partial charge in [0.1, 0.15) is 17.9 Å². The van der Waals surface area contributed by atoms with Gasteiger partial charge in [0.15, 0.2) is 0 Å². The quantitative estimate of drug-likeness (QED) is 0.838. The van der Waals surface area contributed by atoms with E-state index >= 15 is 0 Å². The molecule has 0 amide bonds. The smallest absolute Gasteiger partial charge is 0.328 e. The third-order valence-corrected chi connectivity index (χ3v) is 3.66. The zero-order valence-electron chi connectivity index (χ0n) is 12.2. The van der Waals surface area contributed by atoms with Crippen LogP contribution in [0.1, 0.15) is 39.0 Å². The van der Waals surface area contributed by atoms with E-state index in [0.717, 1.165) is 37.1 Å². The first-order valence-electron chi connectivity index (χ1n) is 7.30. The van der Waals surface area contributed by atoms with Crippen molar-refractivity contribution in [2.75, 3.05) is 12.4 Å². The maximum Gasteiger partial charge on any atom is 0.328 e. The summed E-state index contributed by atoms with van der Waals surface area (Å²) in [6.07, 6.45) is 5.70. The van der Waals surface area contributed by atoms with Crippen LogP contribution in [-0.2, 0) is 9.53 Å². The number of benzene rings is 1. The van der Waals surface area contributed by atoms with E-state index in [9.17, 15) is 4.79 Å². The van der Waals surface area contributed by atoms with Gasteiger partial charge in [0.2, 0.25) is 0 Å². The Balaban J connectivity index is 1.83. The van der Waals surface area contributed by atoms with Gasteiger partial charge in [0, 0.05) is 5.69 Å². The van der Waals surface area contributed by atoms with Crippen LogP contribution in [0.2, 0.25) is 0 Å². The number of carbonyl (C=O) groups is 1. The molecular weight excluding hydrogens is 254 g/mol. The van der Waals surface area contributed by atoms with Crippen molar-refractivity contribution in [3.05, 3.63) is 24.3 Å². The Morgan fingerprint density at radius 1 is 1.20 bits per heavy atom. The minimum Gasteiger partial charge on any atom is -0.497 e. The molecule has 4 heteroatoms. The number of hydrogen-bond acceptors (Lipinski definition) is 4. The summed E-state index contributed by atoms with van der Waals surface area (Å²) in [5.74, 6) is 0.626. The van der Waals surface area contributed by atoms with Crippen LogP contribution >= 0.6 is 0 Å². The molecule has 1 fully saturated rings. The van der Waals surface area contributed by atoms with Crippen molar-refractivity contribution < 1.29 is 14.3 Å². The molecular formula is C16H23NO3. The second kappa shape index (κ2) is 7.17. The summed E-state index contributed by atoms with van der Waals surface area (Å²) in [4.78, 5) is 12.0. The Hall–Kier alpha value is -1.71. The Labute approximate surface area is 120 Å². The minimum absolute atomic E-state index is 0.108. The van der Waals surface area contributed by atoms with Gasteiger partial charge >= 0.3 is 5.97 Å². The molecule has 4 nitrogen and oxygen atoms in total. The summed E-state index contributed by atoms with van der Waals surface area (Å²) in [6, 6.07) is 7.17. The molecule has 0 aromatic heterocycles. The first kappa shape index (κ1) is 14.7. The third kappa shape index (κ3) is 4.15. The van der Waals surface area contributed by atoms with Crippen LogP contribution in [0.15, 0.2) is 24.3 Å². The van der Waals surface area contributed by atoms with Crippen molar-refractivity contribution in [2.24, 2.45) is 0 Å². The first-order chi connectivity index (χ1) is 9.69. The van der Waals surface area contributed by atoms with E-state index < -0.39 is 0 Å². The highest BCUT2D eigenvalue weighted by Crippen LogP contribution is 2.21. The summed E-state index contributed by atoms with van der Waals surface area (Å²) in [5, 5.41) is 3.15. The van der Waals surface area contributed by atoms with Crippen LogP contribution in [0.3, 0.4) is 0 Å². The second-order valence-corrected chi connectivity index (χ2v) is 5.29. The molecule has 1 aromatic carbocycles. The van der Waals surface area contributed by atoms with Gasteiger partial charge in [-0.2, -0.15) is 0 Å². The highest BCUT2D eigenvalue weighted by molar-refractivity contribution is 5.79. The highest BCUT2D eigenvalue weighted by Gasteiger charge is 2.21. The molecule has 0 radical (unpaired) electrons. The van der Waals surface area contributed by atoms with Crippen molar-refractivity contribution >= 4 is 11.7 Å². The number of ether oxygens (including phenoxy) is 2. The molecule has 2 rings (SSSR count). The fourth-order valence-corrected chi connectivity index (χ4v) is 2.45. The molecule has 20 heavy (non-hydrogen) atoms. The molecule has 0 aliphatic heterocycles. The Morgan fingerprint density at radius 2 is 1.85 bits per heavy atom. The summed E-state index contributed by atoms with van der Waals surface area (Å²) < 4.78 is 10.6.